The summed E-state index contributed by atoms with van der Waals surface area (Å²) in [5.74, 6) is 0. The average molecular weight is 255 g/mol. The highest BCUT2D eigenvalue weighted by atomic mass is 79.9. The Morgan fingerprint density at radius 2 is 2.00 bits per heavy atom. The Labute approximate surface area is 82.7 Å². The SMILES string of the molecule is Cc1c(Cl)cc(Br)cc1C(F)F. The van der Waals surface area contributed by atoms with Crippen LogP contribution in [0.25, 0.3) is 0 Å². The lowest BCUT2D eigenvalue weighted by molar-refractivity contribution is 0.150. The molecule has 66 valence electrons. The second-order valence-electron chi connectivity index (χ2n) is 2.40. The van der Waals surface area contributed by atoms with Crippen molar-refractivity contribution in [3.8, 4) is 0 Å². The normalized spacial score (nSPS) is 10.8. The minimum atomic E-state index is -2.47. The van der Waals surface area contributed by atoms with Gasteiger partial charge in [-0.3, -0.25) is 0 Å². The van der Waals surface area contributed by atoms with E-state index in [4.69, 9.17) is 11.6 Å². The zero-order valence-electron chi connectivity index (χ0n) is 6.24. The fourth-order valence-corrected chi connectivity index (χ4v) is 1.73. The molecule has 0 N–H and O–H groups in total. The monoisotopic (exact) mass is 254 g/mol. The maximum atomic E-state index is 12.3. The van der Waals surface area contributed by atoms with Gasteiger partial charge in [-0.2, -0.15) is 0 Å². The Morgan fingerprint density at radius 1 is 1.42 bits per heavy atom. The van der Waals surface area contributed by atoms with Crippen LogP contribution in [0.2, 0.25) is 5.02 Å². The van der Waals surface area contributed by atoms with E-state index in [2.05, 4.69) is 15.9 Å². The Morgan fingerprint density at radius 3 is 2.50 bits per heavy atom. The molecule has 0 fully saturated rings. The minimum absolute atomic E-state index is 0.0191. The van der Waals surface area contributed by atoms with Crippen molar-refractivity contribution in [3.05, 3.63) is 32.8 Å². The number of alkyl halides is 2. The predicted octanol–water partition coefficient (Wildman–Crippen LogP) is 4.35. The van der Waals surface area contributed by atoms with Gasteiger partial charge in [-0.15, -0.1) is 0 Å². The van der Waals surface area contributed by atoms with Gasteiger partial charge in [0.2, 0.25) is 0 Å². The van der Waals surface area contributed by atoms with E-state index in [1.807, 2.05) is 0 Å². The largest absolute Gasteiger partial charge is 0.264 e. The molecule has 0 atom stereocenters. The van der Waals surface area contributed by atoms with Crippen molar-refractivity contribution in [2.75, 3.05) is 0 Å². The predicted molar refractivity (Wildman–Crippen MR) is 48.8 cm³/mol. The summed E-state index contributed by atoms with van der Waals surface area (Å²) in [6.07, 6.45) is -2.47. The molecule has 0 saturated carbocycles. The number of hydrogen-bond donors (Lipinski definition) is 0. The molecule has 4 heteroatoms. The summed E-state index contributed by atoms with van der Waals surface area (Å²) in [6.45, 7) is 1.58. The van der Waals surface area contributed by atoms with Crippen molar-refractivity contribution in [1.82, 2.24) is 0 Å². The molecule has 0 spiro atoms. The Balaban J connectivity index is 3.28. The third-order valence-electron chi connectivity index (χ3n) is 1.58. The van der Waals surface area contributed by atoms with E-state index in [1.165, 1.54) is 6.07 Å². The number of rotatable bonds is 1. The highest BCUT2D eigenvalue weighted by Crippen LogP contribution is 2.30. The molecule has 0 aromatic heterocycles. The van der Waals surface area contributed by atoms with Gasteiger partial charge in [0.25, 0.3) is 6.43 Å². The molecule has 0 heterocycles. The maximum Gasteiger partial charge on any atom is 0.264 e. The van der Waals surface area contributed by atoms with Crippen LogP contribution in [0.4, 0.5) is 8.78 Å². The van der Waals surface area contributed by atoms with E-state index in [0.717, 1.165) is 0 Å². The van der Waals surface area contributed by atoms with Crippen LogP contribution < -0.4 is 0 Å². The van der Waals surface area contributed by atoms with Crippen molar-refractivity contribution in [3.63, 3.8) is 0 Å². The van der Waals surface area contributed by atoms with E-state index in [1.54, 1.807) is 13.0 Å². The molecule has 1 aromatic rings. The summed E-state index contributed by atoms with van der Waals surface area (Å²) in [4.78, 5) is 0. The molecule has 0 saturated heterocycles. The molecule has 1 rings (SSSR count). The molecule has 0 aliphatic heterocycles. The first-order chi connectivity index (χ1) is 5.52. The van der Waals surface area contributed by atoms with E-state index >= 15 is 0 Å². The fraction of sp³-hybridized carbons (Fsp3) is 0.250. The van der Waals surface area contributed by atoms with Gasteiger partial charge in [-0.05, 0) is 24.6 Å². The van der Waals surface area contributed by atoms with E-state index in [0.29, 0.717) is 15.1 Å². The van der Waals surface area contributed by atoms with Gasteiger partial charge in [0.1, 0.15) is 0 Å². The van der Waals surface area contributed by atoms with Crippen LogP contribution in [0.3, 0.4) is 0 Å². The third kappa shape index (κ3) is 1.96. The molecular formula is C8H6BrClF2. The quantitative estimate of drug-likeness (QED) is 0.700. The molecule has 0 aliphatic rings. The zero-order valence-corrected chi connectivity index (χ0v) is 8.59. The number of halogens is 4. The summed E-state index contributed by atoms with van der Waals surface area (Å²) in [7, 11) is 0. The standard InChI is InChI=1S/C8H6BrClF2/c1-4-6(8(11)12)2-5(9)3-7(4)10/h2-3,8H,1H3. The Kier molecular flexibility index (Phi) is 3.07. The van der Waals surface area contributed by atoms with E-state index in [9.17, 15) is 8.78 Å². The van der Waals surface area contributed by atoms with Gasteiger partial charge in [0.15, 0.2) is 0 Å². The van der Waals surface area contributed by atoms with Crippen molar-refractivity contribution in [2.24, 2.45) is 0 Å². The van der Waals surface area contributed by atoms with Crippen LogP contribution in [-0.2, 0) is 0 Å². The number of hydrogen-bond acceptors (Lipinski definition) is 0. The van der Waals surface area contributed by atoms with Gasteiger partial charge in [0.05, 0.1) is 0 Å². The molecule has 1 aromatic carbocycles. The highest BCUT2D eigenvalue weighted by molar-refractivity contribution is 9.10. The second-order valence-corrected chi connectivity index (χ2v) is 3.73. The van der Waals surface area contributed by atoms with Gasteiger partial charge in [0, 0.05) is 15.1 Å². The van der Waals surface area contributed by atoms with Crippen LogP contribution in [-0.4, -0.2) is 0 Å². The summed E-state index contributed by atoms with van der Waals surface area (Å²) >= 11 is 8.80. The van der Waals surface area contributed by atoms with Gasteiger partial charge < -0.3 is 0 Å². The lowest BCUT2D eigenvalue weighted by atomic mass is 10.1. The summed E-state index contributed by atoms with van der Waals surface area (Å²) in [5.41, 5.74) is 0.421. The highest BCUT2D eigenvalue weighted by Gasteiger charge is 2.13. The Hall–Kier alpha value is -0.150. The third-order valence-corrected chi connectivity index (χ3v) is 2.43. The molecule has 0 unspecified atom stereocenters. The summed E-state index contributed by atoms with van der Waals surface area (Å²) in [5, 5.41) is 0.361. The van der Waals surface area contributed by atoms with Crippen LogP contribution in [0.5, 0.6) is 0 Å². The molecule has 0 radical (unpaired) electrons. The molecule has 0 aliphatic carbocycles. The molecule has 0 bridgehead atoms. The van der Waals surface area contributed by atoms with Crippen molar-refractivity contribution < 1.29 is 8.78 Å². The van der Waals surface area contributed by atoms with Crippen LogP contribution in [0, 0.1) is 6.92 Å². The first-order valence-electron chi connectivity index (χ1n) is 3.26. The average Bonchev–Trinajstić information content (AvgIpc) is 1.96. The van der Waals surface area contributed by atoms with Gasteiger partial charge in [-0.25, -0.2) is 8.78 Å². The van der Waals surface area contributed by atoms with Crippen molar-refractivity contribution >= 4 is 27.5 Å². The molecule has 0 amide bonds. The smallest absolute Gasteiger partial charge is 0.205 e. The second kappa shape index (κ2) is 3.71. The molecule has 0 nitrogen and oxygen atoms in total. The minimum Gasteiger partial charge on any atom is -0.205 e. The molecule has 12 heavy (non-hydrogen) atoms. The van der Waals surface area contributed by atoms with E-state index < -0.39 is 6.43 Å². The van der Waals surface area contributed by atoms with Crippen LogP contribution >= 0.6 is 27.5 Å². The zero-order chi connectivity index (χ0) is 9.30. The number of benzene rings is 1. The van der Waals surface area contributed by atoms with Gasteiger partial charge >= 0.3 is 0 Å². The lowest BCUT2D eigenvalue weighted by Gasteiger charge is -2.06. The van der Waals surface area contributed by atoms with Crippen LogP contribution in [0.15, 0.2) is 16.6 Å². The van der Waals surface area contributed by atoms with Crippen molar-refractivity contribution in [1.29, 1.82) is 0 Å². The lowest BCUT2D eigenvalue weighted by Crippen LogP contribution is -1.90. The van der Waals surface area contributed by atoms with E-state index in [-0.39, 0.29) is 5.56 Å². The fourth-order valence-electron chi connectivity index (χ4n) is 0.892. The van der Waals surface area contributed by atoms with Crippen molar-refractivity contribution in [2.45, 2.75) is 13.3 Å². The Bertz CT molecular complexity index is 299. The summed E-state index contributed by atoms with van der Waals surface area (Å²) in [6, 6.07) is 2.98. The molecular weight excluding hydrogens is 249 g/mol. The van der Waals surface area contributed by atoms with Crippen LogP contribution in [0.1, 0.15) is 17.6 Å². The maximum absolute atomic E-state index is 12.3. The summed E-state index contributed by atoms with van der Waals surface area (Å²) < 4.78 is 25.2. The topological polar surface area (TPSA) is 0 Å². The first-order valence-corrected chi connectivity index (χ1v) is 4.43. The first kappa shape index (κ1) is 9.93. The van der Waals surface area contributed by atoms with Gasteiger partial charge in [-0.1, -0.05) is 27.5 Å².